The van der Waals surface area contributed by atoms with Gasteiger partial charge in [0.05, 0.1) is 5.69 Å². The van der Waals surface area contributed by atoms with Crippen LogP contribution in [0.2, 0.25) is 5.02 Å². The molecule has 20 heavy (non-hydrogen) atoms. The zero-order chi connectivity index (χ0) is 13.9. The first-order valence-electron chi connectivity index (χ1n) is 6.24. The average molecular weight is 287 g/mol. The number of hydrogen-bond acceptors (Lipinski definition) is 2. The first-order valence-corrected chi connectivity index (χ1v) is 6.62. The highest BCUT2D eigenvalue weighted by atomic mass is 35.5. The van der Waals surface area contributed by atoms with E-state index >= 15 is 0 Å². The number of pyridine rings is 1. The van der Waals surface area contributed by atoms with Crippen LogP contribution < -0.4 is 5.32 Å². The van der Waals surface area contributed by atoms with Gasteiger partial charge in [-0.2, -0.15) is 0 Å². The summed E-state index contributed by atoms with van der Waals surface area (Å²) in [5.41, 5.74) is 1.53. The van der Waals surface area contributed by atoms with Crippen LogP contribution in [0.3, 0.4) is 0 Å². The van der Waals surface area contributed by atoms with Gasteiger partial charge in [0.1, 0.15) is 5.82 Å². The van der Waals surface area contributed by atoms with E-state index < -0.39 is 0 Å². The number of rotatable bonds is 3. The Morgan fingerprint density at radius 3 is 2.80 bits per heavy atom. The first kappa shape index (κ1) is 12.9. The maximum absolute atomic E-state index is 13.7. The van der Waals surface area contributed by atoms with Crippen molar-refractivity contribution < 1.29 is 4.39 Å². The second kappa shape index (κ2) is 5.47. The lowest BCUT2D eigenvalue weighted by molar-refractivity contribution is 0.630. The second-order valence-corrected chi connectivity index (χ2v) is 4.97. The molecule has 1 aromatic heterocycles. The Labute approximate surface area is 121 Å². The van der Waals surface area contributed by atoms with E-state index in [2.05, 4.69) is 16.4 Å². The highest BCUT2D eigenvalue weighted by Gasteiger charge is 2.03. The van der Waals surface area contributed by atoms with E-state index in [4.69, 9.17) is 11.6 Å². The molecule has 3 rings (SSSR count). The number of hydrogen-bond donors (Lipinski definition) is 1. The van der Waals surface area contributed by atoms with Crippen LogP contribution in [0.5, 0.6) is 0 Å². The Morgan fingerprint density at radius 1 is 1.05 bits per heavy atom. The summed E-state index contributed by atoms with van der Waals surface area (Å²) in [6.07, 6.45) is 3.59. The molecule has 0 aliphatic heterocycles. The number of anilines is 1. The van der Waals surface area contributed by atoms with Gasteiger partial charge in [-0.1, -0.05) is 23.7 Å². The van der Waals surface area contributed by atoms with Crippen LogP contribution in [-0.4, -0.2) is 4.98 Å². The highest BCUT2D eigenvalue weighted by molar-refractivity contribution is 6.30. The minimum Gasteiger partial charge on any atom is -0.379 e. The van der Waals surface area contributed by atoms with Gasteiger partial charge in [-0.15, -0.1) is 0 Å². The van der Waals surface area contributed by atoms with Gasteiger partial charge in [-0.05, 0) is 41.3 Å². The molecule has 3 aromatic rings. The van der Waals surface area contributed by atoms with Crippen molar-refractivity contribution in [3.05, 3.63) is 71.3 Å². The fourth-order valence-corrected chi connectivity index (χ4v) is 2.23. The third-order valence-electron chi connectivity index (χ3n) is 3.12. The third kappa shape index (κ3) is 2.73. The maximum atomic E-state index is 13.7. The predicted octanol–water partition coefficient (Wildman–Crippen LogP) is 4.64. The molecule has 0 atom stereocenters. The van der Waals surface area contributed by atoms with Crippen LogP contribution in [0.25, 0.3) is 10.8 Å². The topological polar surface area (TPSA) is 24.9 Å². The molecule has 0 radical (unpaired) electrons. The van der Waals surface area contributed by atoms with Crippen molar-refractivity contribution in [3.8, 4) is 0 Å². The van der Waals surface area contributed by atoms with Gasteiger partial charge in [0.15, 0.2) is 0 Å². The normalized spacial score (nSPS) is 10.7. The van der Waals surface area contributed by atoms with Gasteiger partial charge in [-0.3, -0.25) is 4.98 Å². The molecule has 1 N–H and O–H groups in total. The minimum absolute atomic E-state index is 0.345. The molecule has 0 saturated heterocycles. The molecular formula is C16H12ClFN2. The molecule has 0 aliphatic carbocycles. The zero-order valence-corrected chi connectivity index (χ0v) is 11.4. The maximum Gasteiger partial charge on any atom is 0.147 e. The van der Waals surface area contributed by atoms with Gasteiger partial charge < -0.3 is 5.32 Å². The van der Waals surface area contributed by atoms with Crippen LogP contribution in [-0.2, 0) is 6.54 Å². The van der Waals surface area contributed by atoms with E-state index in [9.17, 15) is 4.39 Å². The van der Waals surface area contributed by atoms with Gasteiger partial charge in [0.25, 0.3) is 0 Å². The SMILES string of the molecule is Fc1cc(Cl)ccc1NCc1ccc2cnccc2c1. The second-order valence-electron chi connectivity index (χ2n) is 4.53. The third-order valence-corrected chi connectivity index (χ3v) is 3.35. The van der Waals surface area contributed by atoms with Gasteiger partial charge in [-0.25, -0.2) is 4.39 Å². The van der Waals surface area contributed by atoms with Crippen molar-refractivity contribution in [3.63, 3.8) is 0 Å². The van der Waals surface area contributed by atoms with Crippen molar-refractivity contribution in [1.29, 1.82) is 0 Å². The summed E-state index contributed by atoms with van der Waals surface area (Å²) in [5.74, 6) is -0.345. The van der Waals surface area contributed by atoms with E-state index in [1.807, 2.05) is 24.4 Å². The Bertz CT molecular complexity index is 758. The predicted molar refractivity (Wildman–Crippen MR) is 80.5 cm³/mol. The molecule has 100 valence electrons. The largest absolute Gasteiger partial charge is 0.379 e. The number of halogens is 2. The molecule has 0 aliphatic rings. The standard InChI is InChI=1S/C16H12ClFN2/c17-14-3-4-16(15(18)8-14)20-9-11-1-2-13-10-19-6-5-12(13)7-11/h1-8,10,20H,9H2. The number of nitrogens with zero attached hydrogens (tertiary/aromatic N) is 1. The molecular weight excluding hydrogens is 275 g/mol. The summed E-state index contributed by atoms with van der Waals surface area (Å²) in [4.78, 5) is 4.08. The lowest BCUT2D eigenvalue weighted by Crippen LogP contribution is -2.01. The number of aromatic nitrogens is 1. The zero-order valence-electron chi connectivity index (χ0n) is 10.6. The molecule has 2 nitrogen and oxygen atoms in total. The smallest absolute Gasteiger partial charge is 0.147 e. The van der Waals surface area contributed by atoms with Crippen LogP contribution in [0.1, 0.15) is 5.56 Å². The van der Waals surface area contributed by atoms with E-state index in [0.29, 0.717) is 17.3 Å². The lowest BCUT2D eigenvalue weighted by Gasteiger charge is -2.08. The fourth-order valence-electron chi connectivity index (χ4n) is 2.07. The summed E-state index contributed by atoms with van der Waals surface area (Å²) in [6, 6.07) is 12.7. The van der Waals surface area contributed by atoms with Crippen LogP contribution in [0.4, 0.5) is 10.1 Å². The molecule has 0 spiro atoms. The quantitative estimate of drug-likeness (QED) is 0.759. The summed E-state index contributed by atoms with van der Waals surface area (Å²) in [5, 5.41) is 5.68. The summed E-state index contributed by atoms with van der Waals surface area (Å²) >= 11 is 5.73. The Hall–Kier alpha value is -2.13. The summed E-state index contributed by atoms with van der Waals surface area (Å²) in [6.45, 7) is 0.552. The van der Waals surface area contributed by atoms with Crippen molar-refractivity contribution in [2.24, 2.45) is 0 Å². The fraction of sp³-hybridized carbons (Fsp3) is 0.0625. The van der Waals surface area contributed by atoms with E-state index in [0.717, 1.165) is 16.3 Å². The van der Waals surface area contributed by atoms with Crippen LogP contribution in [0, 0.1) is 5.82 Å². The molecule has 0 unspecified atom stereocenters. The van der Waals surface area contributed by atoms with Crippen molar-refractivity contribution >= 4 is 28.1 Å². The van der Waals surface area contributed by atoms with E-state index in [1.54, 1.807) is 18.3 Å². The first-order chi connectivity index (χ1) is 9.72. The Balaban J connectivity index is 1.79. The Kier molecular flexibility index (Phi) is 3.52. The van der Waals surface area contributed by atoms with Gasteiger partial charge >= 0.3 is 0 Å². The van der Waals surface area contributed by atoms with Crippen LogP contribution in [0.15, 0.2) is 54.9 Å². The molecule has 2 aromatic carbocycles. The summed E-state index contributed by atoms with van der Waals surface area (Å²) in [7, 11) is 0. The average Bonchev–Trinajstić information content (AvgIpc) is 2.46. The monoisotopic (exact) mass is 286 g/mol. The molecule has 0 bridgehead atoms. The molecule has 0 saturated carbocycles. The minimum atomic E-state index is -0.345. The highest BCUT2D eigenvalue weighted by Crippen LogP contribution is 2.20. The van der Waals surface area contributed by atoms with Crippen molar-refractivity contribution in [2.75, 3.05) is 5.32 Å². The van der Waals surface area contributed by atoms with E-state index in [-0.39, 0.29) is 5.82 Å². The van der Waals surface area contributed by atoms with E-state index in [1.165, 1.54) is 6.07 Å². The number of nitrogens with one attached hydrogen (secondary N) is 1. The summed E-state index contributed by atoms with van der Waals surface area (Å²) < 4.78 is 13.7. The number of fused-ring (bicyclic) bond motifs is 1. The van der Waals surface area contributed by atoms with Crippen molar-refractivity contribution in [1.82, 2.24) is 4.98 Å². The van der Waals surface area contributed by atoms with Crippen molar-refractivity contribution in [2.45, 2.75) is 6.54 Å². The molecule has 0 fully saturated rings. The van der Waals surface area contributed by atoms with Crippen LogP contribution >= 0.6 is 11.6 Å². The Morgan fingerprint density at radius 2 is 1.95 bits per heavy atom. The molecule has 1 heterocycles. The molecule has 4 heteroatoms. The number of benzene rings is 2. The van der Waals surface area contributed by atoms with Gasteiger partial charge in [0, 0.05) is 29.3 Å². The lowest BCUT2D eigenvalue weighted by atomic mass is 10.1. The molecule has 0 amide bonds. The van der Waals surface area contributed by atoms with Gasteiger partial charge in [0.2, 0.25) is 0 Å².